The molecule has 1 saturated heterocycles. The second kappa shape index (κ2) is 9.38. The summed E-state index contributed by atoms with van der Waals surface area (Å²) in [6, 6.07) is 0.428. The molecule has 21 heavy (non-hydrogen) atoms. The average molecular weight is 298 g/mol. The lowest BCUT2D eigenvalue weighted by atomic mass is 9.88. The molecule has 5 nitrogen and oxygen atoms in total. The van der Waals surface area contributed by atoms with E-state index < -0.39 is 0 Å². The van der Waals surface area contributed by atoms with Gasteiger partial charge in [-0.3, -0.25) is 9.69 Å². The van der Waals surface area contributed by atoms with Crippen LogP contribution in [0, 0.1) is 11.8 Å². The largest absolute Gasteiger partial charge is 0.354 e. The highest BCUT2D eigenvalue weighted by Crippen LogP contribution is 2.20. The molecule has 1 aliphatic rings. The first-order valence-electron chi connectivity index (χ1n) is 8.29. The number of hydrogen-bond acceptors (Lipinski definition) is 4. The van der Waals surface area contributed by atoms with Crippen LogP contribution in [-0.4, -0.2) is 68.6 Å². The van der Waals surface area contributed by atoms with Crippen molar-refractivity contribution in [1.29, 1.82) is 0 Å². The highest BCUT2D eigenvalue weighted by molar-refractivity contribution is 5.75. The summed E-state index contributed by atoms with van der Waals surface area (Å²) >= 11 is 0. The Hall–Kier alpha value is -0.650. The van der Waals surface area contributed by atoms with Crippen LogP contribution in [0.2, 0.25) is 0 Å². The molecule has 0 aliphatic carbocycles. The van der Waals surface area contributed by atoms with E-state index in [1.807, 2.05) is 0 Å². The van der Waals surface area contributed by atoms with Crippen LogP contribution in [0.3, 0.4) is 0 Å². The Balaban J connectivity index is 2.26. The maximum Gasteiger partial charge on any atom is 0.220 e. The Morgan fingerprint density at radius 2 is 2.00 bits per heavy atom. The van der Waals surface area contributed by atoms with Gasteiger partial charge in [0.25, 0.3) is 0 Å². The normalized spacial score (nSPS) is 22.5. The van der Waals surface area contributed by atoms with E-state index in [4.69, 9.17) is 5.73 Å². The minimum atomic E-state index is 0.180. The Morgan fingerprint density at radius 1 is 1.29 bits per heavy atom. The number of nitrogens with two attached hydrogens (primary N) is 1. The Labute approximate surface area is 130 Å². The minimum absolute atomic E-state index is 0.180. The molecule has 0 aromatic carbocycles. The number of amides is 1. The van der Waals surface area contributed by atoms with Crippen molar-refractivity contribution in [3.8, 4) is 0 Å². The van der Waals surface area contributed by atoms with Crippen molar-refractivity contribution >= 4 is 5.91 Å². The van der Waals surface area contributed by atoms with Gasteiger partial charge in [0, 0.05) is 38.6 Å². The highest BCUT2D eigenvalue weighted by atomic mass is 16.1. The van der Waals surface area contributed by atoms with Gasteiger partial charge in [-0.15, -0.1) is 0 Å². The Bertz CT molecular complexity index is 309. The van der Waals surface area contributed by atoms with Crippen LogP contribution >= 0.6 is 0 Å². The number of rotatable bonds is 8. The fourth-order valence-electron chi connectivity index (χ4n) is 2.98. The van der Waals surface area contributed by atoms with Crippen molar-refractivity contribution in [2.75, 3.05) is 46.8 Å². The molecule has 0 spiro atoms. The van der Waals surface area contributed by atoms with Gasteiger partial charge < -0.3 is 16.0 Å². The zero-order chi connectivity index (χ0) is 15.8. The van der Waals surface area contributed by atoms with E-state index in [0.717, 1.165) is 39.0 Å². The van der Waals surface area contributed by atoms with E-state index >= 15 is 0 Å². The summed E-state index contributed by atoms with van der Waals surface area (Å²) in [5.74, 6) is 1.34. The van der Waals surface area contributed by atoms with Gasteiger partial charge in [0.15, 0.2) is 0 Å². The molecule has 1 heterocycles. The van der Waals surface area contributed by atoms with Gasteiger partial charge in [0.2, 0.25) is 5.91 Å². The van der Waals surface area contributed by atoms with Crippen LogP contribution in [0.4, 0.5) is 0 Å². The van der Waals surface area contributed by atoms with E-state index in [-0.39, 0.29) is 5.91 Å². The third-order valence-electron chi connectivity index (χ3n) is 4.74. The fraction of sp³-hybridized carbons (Fsp3) is 0.938. The number of nitrogens with zero attached hydrogens (tertiary/aromatic N) is 2. The lowest BCUT2D eigenvalue weighted by Gasteiger charge is -2.37. The molecule has 1 rings (SSSR count). The number of hydrogen-bond donors (Lipinski definition) is 2. The van der Waals surface area contributed by atoms with Gasteiger partial charge in [0.05, 0.1) is 0 Å². The molecule has 1 fully saturated rings. The lowest BCUT2D eigenvalue weighted by molar-refractivity contribution is -0.121. The van der Waals surface area contributed by atoms with Crippen LogP contribution in [0.1, 0.15) is 33.1 Å². The standard InChI is InChI=1S/C16H34N4O/c1-13(2)14(7-8-17)5-6-16(21)18-11-15-12-19(3)9-10-20(15)4/h13-15H,5-12,17H2,1-4H3,(H,18,21). The van der Waals surface area contributed by atoms with Gasteiger partial charge in [-0.1, -0.05) is 13.8 Å². The number of nitrogens with one attached hydrogen (secondary N) is 1. The first-order chi connectivity index (χ1) is 9.93. The molecule has 2 atom stereocenters. The molecule has 3 N–H and O–H groups in total. The van der Waals surface area contributed by atoms with Crippen molar-refractivity contribution in [2.45, 2.75) is 39.2 Å². The quantitative estimate of drug-likeness (QED) is 0.694. The summed E-state index contributed by atoms with van der Waals surface area (Å²) < 4.78 is 0. The van der Waals surface area contributed by atoms with E-state index in [2.05, 4.69) is 43.1 Å². The first kappa shape index (κ1) is 18.4. The Morgan fingerprint density at radius 3 is 2.62 bits per heavy atom. The van der Waals surface area contributed by atoms with Crippen LogP contribution in [0.15, 0.2) is 0 Å². The molecule has 0 aromatic rings. The van der Waals surface area contributed by atoms with Gasteiger partial charge in [-0.05, 0) is 45.3 Å². The topological polar surface area (TPSA) is 61.6 Å². The van der Waals surface area contributed by atoms with Crippen molar-refractivity contribution in [3.05, 3.63) is 0 Å². The summed E-state index contributed by atoms with van der Waals surface area (Å²) in [6.07, 6.45) is 2.58. The summed E-state index contributed by atoms with van der Waals surface area (Å²) in [6.45, 7) is 9.10. The monoisotopic (exact) mass is 298 g/mol. The predicted molar refractivity (Wildman–Crippen MR) is 88.2 cm³/mol. The smallest absolute Gasteiger partial charge is 0.220 e. The third kappa shape index (κ3) is 6.76. The van der Waals surface area contributed by atoms with E-state index in [1.165, 1.54) is 0 Å². The van der Waals surface area contributed by atoms with Crippen LogP contribution in [-0.2, 0) is 4.79 Å². The summed E-state index contributed by atoms with van der Waals surface area (Å²) in [5.41, 5.74) is 5.65. The summed E-state index contributed by atoms with van der Waals surface area (Å²) in [5, 5.41) is 3.10. The van der Waals surface area contributed by atoms with Crippen LogP contribution in [0.25, 0.3) is 0 Å². The molecular formula is C16H34N4O. The average Bonchev–Trinajstić information content (AvgIpc) is 2.44. The molecule has 5 heteroatoms. The minimum Gasteiger partial charge on any atom is -0.354 e. The molecule has 0 saturated carbocycles. The SMILES string of the molecule is CC(C)C(CCN)CCC(=O)NCC1CN(C)CCN1C. The van der Waals surface area contributed by atoms with Crippen molar-refractivity contribution in [3.63, 3.8) is 0 Å². The number of carbonyl (C=O) groups excluding carboxylic acids is 1. The van der Waals surface area contributed by atoms with Gasteiger partial charge in [-0.2, -0.15) is 0 Å². The van der Waals surface area contributed by atoms with Crippen molar-refractivity contribution in [2.24, 2.45) is 17.6 Å². The zero-order valence-corrected chi connectivity index (χ0v) is 14.3. The highest BCUT2D eigenvalue weighted by Gasteiger charge is 2.22. The number of carbonyl (C=O) groups is 1. The lowest BCUT2D eigenvalue weighted by Crippen LogP contribution is -2.54. The molecule has 1 amide bonds. The molecule has 0 aromatic heterocycles. The second-order valence-corrected chi connectivity index (χ2v) is 6.82. The molecule has 0 radical (unpaired) electrons. The Kier molecular flexibility index (Phi) is 8.22. The molecule has 2 unspecified atom stereocenters. The molecule has 1 aliphatic heterocycles. The van der Waals surface area contributed by atoms with Crippen LogP contribution < -0.4 is 11.1 Å². The molecule has 124 valence electrons. The van der Waals surface area contributed by atoms with E-state index in [1.54, 1.807) is 0 Å². The van der Waals surface area contributed by atoms with E-state index in [0.29, 0.717) is 30.8 Å². The van der Waals surface area contributed by atoms with Crippen molar-refractivity contribution in [1.82, 2.24) is 15.1 Å². The maximum absolute atomic E-state index is 12.0. The third-order valence-corrected chi connectivity index (χ3v) is 4.74. The molecular weight excluding hydrogens is 264 g/mol. The predicted octanol–water partition coefficient (Wildman–Crippen LogP) is 0.750. The fourth-order valence-corrected chi connectivity index (χ4v) is 2.98. The number of likely N-dealkylation sites (N-methyl/N-ethyl adjacent to an activating group) is 2. The maximum atomic E-state index is 12.0. The van der Waals surface area contributed by atoms with Gasteiger partial charge in [0.1, 0.15) is 0 Å². The summed E-state index contributed by atoms with van der Waals surface area (Å²) in [7, 11) is 4.28. The summed E-state index contributed by atoms with van der Waals surface area (Å²) in [4.78, 5) is 16.7. The number of piperazine rings is 1. The first-order valence-corrected chi connectivity index (χ1v) is 8.29. The van der Waals surface area contributed by atoms with Gasteiger partial charge in [-0.25, -0.2) is 0 Å². The van der Waals surface area contributed by atoms with Crippen LogP contribution in [0.5, 0.6) is 0 Å². The molecule has 0 bridgehead atoms. The van der Waals surface area contributed by atoms with Gasteiger partial charge >= 0.3 is 0 Å². The van der Waals surface area contributed by atoms with E-state index in [9.17, 15) is 4.79 Å². The second-order valence-electron chi connectivity index (χ2n) is 6.82. The zero-order valence-electron chi connectivity index (χ0n) is 14.3. The van der Waals surface area contributed by atoms with Crippen molar-refractivity contribution < 1.29 is 4.79 Å².